The van der Waals surface area contributed by atoms with E-state index >= 15 is 0 Å². The van der Waals surface area contributed by atoms with E-state index in [1.54, 1.807) is 37.3 Å². The van der Waals surface area contributed by atoms with Crippen LogP contribution >= 0.6 is 0 Å². The molecule has 0 aliphatic heterocycles. The van der Waals surface area contributed by atoms with E-state index in [0.29, 0.717) is 23.3 Å². The van der Waals surface area contributed by atoms with Gasteiger partial charge in [-0.1, -0.05) is 25.3 Å². The molecule has 2 aromatic carbocycles. The number of hydrogen-bond donors (Lipinski definition) is 0. The van der Waals surface area contributed by atoms with E-state index in [1.165, 1.54) is 6.07 Å². The van der Waals surface area contributed by atoms with Crippen molar-refractivity contribution in [1.29, 1.82) is 0 Å². The van der Waals surface area contributed by atoms with E-state index in [-0.39, 0.29) is 17.8 Å². The smallest absolute Gasteiger partial charge is 0.335 e. The summed E-state index contributed by atoms with van der Waals surface area (Å²) in [5, 5.41) is 0.581. The molecule has 0 bridgehead atoms. The van der Waals surface area contributed by atoms with Crippen LogP contribution in [0.25, 0.3) is 11.0 Å². The maximum absolute atomic E-state index is 14.5. The molecule has 0 fully saturated rings. The van der Waals surface area contributed by atoms with Crippen LogP contribution in [0.4, 0.5) is 4.39 Å². The topological polar surface area (TPSA) is 65.7 Å². The van der Waals surface area contributed by atoms with Gasteiger partial charge in [-0.05, 0) is 54.8 Å². The fourth-order valence-electron chi connectivity index (χ4n) is 2.72. The van der Waals surface area contributed by atoms with Gasteiger partial charge >= 0.3 is 11.9 Å². The second-order valence-electron chi connectivity index (χ2n) is 6.51. The second kappa shape index (κ2) is 8.56. The molecule has 0 amide bonds. The lowest BCUT2D eigenvalue weighted by Gasteiger charge is -2.05. The Labute approximate surface area is 167 Å². The van der Waals surface area contributed by atoms with Crippen LogP contribution < -0.4 is 4.74 Å². The average molecular weight is 394 g/mol. The Balaban J connectivity index is 1.75. The summed E-state index contributed by atoms with van der Waals surface area (Å²) in [5.74, 6) is -0.807. The minimum atomic E-state index is -0.533. The van der Waals surface area contributed by atoms with E-state index < -0.39 is 17.8 Å². The van der Waals surface area contributed by atoms with Gasteiger partial charge in [-0.3, -0.25) is 0 Å². The highest BCUT2D eigenvalue weighted by molar-refractivity contribution is 5.87. The van der Waals surface area contributed by atoms with Gasteiger partial charge in [-0.2, -0.15) is 0 Å². The van der Waals surface area contributed by atoms with Gasteiger partial charge in [0.05, 0.1) is 0 Å². The Kier molecular flexibility index (Phi) is 5.93. The molecule has 6 heteroatoms. The minimum Gasteiger partial charge on any atom is -0.454 e. The SMILES string of the molecule is C=CC(=O)Oc1ccc(Cc2cc(F)c3oc(COC(=O)C(=C)C)cc3c2)cc1. The van der Waals surface area contributed by atoms with E-state index in [4.69, 9.17) is 13.9 Å². The first-order chi connectivity index (χ1) is 13.9. The van der Waals surface area contributed by atoms with Crippen LogP contribution in [0.1, 0.15) is 23.8 Å². The van der Waals surface area contributed by atoms with Gasteiger partial charge in [-0.25, -0.2) is 14.0 Å². The van der Waals surface area contributed by atoms with Gasteiger partial charge in [0.15, 0.2) is 11.4 Å². The van der Waals surface area contributed by atoms with E-state index in [2.05, 4.69) is 13.2 Å². The molecule has 0 aliphatic carbocycles. The molecule has 1 heterocycles. The number of carbonyl (C=O) groups excluding carboxylic acids is 2. The van der Waals surface area contributed by atoms with Crippen LogP contribution in [0, 0.1) is 5.82 Å². The molecule has 5 nitrogen and oxygen atoms in total. The maximum atomic E-state index is 14.5. The quantitative estimate of drug-likeness (QED) is 0.325. The summed E-state index contributed by atoms with van der Waals surface area (Å²) in [6, 6.07) is 11.8. The molecule has 0 N–H and O–H groups in total. The number of halogens is 1. The Morgan fingerprint density at radius 2 is 1.86 bits per heavy atom. The number of furan rings is 1. The van der Waals surface area contributed by atoms with Crippen molar-refractivity contribution in [2.75, 3.05) is 0 Å². The number of esters is 2. The predicted octanol–water partition coefficient (Wildman–Crippen LogP) is 4.87. The monoisotopic (exact) mass is 394 g/mol. The van der Waals surface area contributed by atoms with Crippen molar-refractivity contribution in [3.63, 3.8) is 0 Å². The molecule has 29 heavy (non-hydrogen) atoms. The van der Waals surface area contributed by atoms with Crippen LogP contribution in [0.15, 0.2) is 71.7 Å². The summed E-state index contributed by atoms with van der Waals surface area (Å²) >= 11 is 0. The van der Waals surface area contributed by atoms with Crippen molar-refractivity contribution < 1.29 is 27.9 Å². The van der Waals surface area contributed by atoms with Crippen LogP contribution in [0.3, 0.4) is 0 Å². The molecule has 0 saturated heterocycles. The lowest BCUT2D eigenvalue weighted by Crippen LogP contribution is -2.04. The fourth-order valence-corrected chi connectivity index (χ4v) is 2.72. The third-order valence-electron chi connectivity index (χ3n) is 4.09. The molecule has 0 spiro atoms. The number of ether oxygens (including phenoxy) is 2. The van der Waals surface area contributed by atoms with Gasteiger partial charge < -0.3 is 13.9 Å². The van der Waals surface area contributed by atoms with Crippen molar-refractivity contribution >= 4 is 22.9 Å². The summed E-state index contributed by atoms with van der Waals surface area (Å²) < 4.78 is 30.0. The zero-order chi connectivity index (χ0) is 21.0. The van der Waals surface area contributed by atoms with Gasteiger partial charge in [0.2, 0.25) is 0 Å². The first-order valence-corrected chi connectivity index (χ1v) is 8.82. The molecule has 3 aromatic rings. The van der Waals surface area contributed by atoms with Gasteiger partial charge in [0.1, 0.15) is 18.1 Å². The summed E-state index contributed by atoms with van der Waals surface area (Å²) in [5.41, 5.74) is 2.06. The van der Waals surface area contributed by atoms with Crippen LogP contribution in [-0.4, -0.2) is 11.9 Å². The standard InChI is InChI=1S/C23H19FO5/c1-4-21(25)28-18-7-5-15(6-8-18)9-16-10-17-12-19(13-27-23(26)14(2)3)29-22(17)20(24)11-16/h4-8,10-12H,1-2,9,13H2,3H3. The summed E-state index contributed by atoms with van der Waals surface area (Å²) in [7, 11) is 0. The molecule has 3 rings (SSSR count). The largest absolute Gasteiger partial charge is 0.454 e. The van der Waals surface area contributed by atoms with Crippen molar-refractivity contribution in [2.45, 2.75) is 20.0 Å². The van der Waals surface area contributed by atoms with Crippen LogP contribution in [-0.2, 0) is 27.4 Å². The Morgan fingerprint density at radius 3 is 2.52 bits per heavy atom. The van der Waals surface area contributed by atoms with Gasteiger partial charge in [-0.15, -0.1) is 0 Å². The number of benzene rings is 2. The predicted molar refractivity (Wildman–Crippen MR) is 106 cm³/mol. The van der Waals surface area contributed by atoms with E-state index in [1.807, 2.05) is 6.07 Å². The third kappa shape index (κ3) is 4.99. The highest BCUT2D eigenvalue weighted by Gasteiger charge is 2.13. The van der Waals surface area contributed by atoms with Crippen molar-refractivity contribution in [2.24, 2.45) is 0 Å². The summed E-state index contributed by atoms with van der Waals surface area (Å²) in [6.45, 7) is 8.30. The Bertz CT molecular complexity index is 1090. The average Bonchev–Trinajstić information content (AvgIpc) is 3.11. The van der Waals surface area contributed by atoms with Crippen molar-refractivity contribution in [1.82, 2.24) is 0 Å². The van der Waals surface area contributed by atoms with E-state index in [0.717, 1.165) is 17.2 Å². The van der Waals surface area contributed by atoms with Gasteiger partial charge in [0.25, 0.3) is 0 Å². The lowest BCUT2D eigenvalue weighted by molar-refractivity contribution is -0.140. The maximum Gasteiger partial charge on any atom is 0.335 e. The highest BCUT2D eigenvalue weighted by atomic mass is 19.1. The number of hydrogen-bond acceptors (Lipinski definition) is 5. The summed E-state index contributed by atoms with van der Waals surface area (Å²) in [6.07, 6.45) is 1.57. The minimum absolute atomic E-state index is 0.0972. The second-order valence-corrected chi connectivity index (χ2v) is 6.51. The number of fused-ring (bicyclic) bond motifs is 1. The third-order valence-corrected chi connectivity index (χ3v) is 4.09. The molecule has 1 aromatic heterocycles. The van der Waals surface area contributed by atoms with Crippen LogP contribution in [0.5, 0.6) is 5.75 Å². The van der Waals surface area contributed by atoms with Crippen molar-refractivity contribution in [3.05, 3.63) is 90.0 Å². The Hall–Kier alpha value is -3.67. The first kappa shape index (κ1) is 20.1. The normalized spacial score (nSPS) is 10.6. The first-order valence-electron chi connectivity index (χ1n) is 8.82. The van der Waals surface area contributed by atoms with E-state index in [9.17, 15) is 14.0 Å². The molecule has 0 unspecified atom stereocenters. The molecule has 0 radical (unpaired) electrons. The molecule has 148 valence electrons. The van der Waals surface area contributed by atoms with Crippen LogP contribution in [0.2, 0.25) is 0 Å². The lowest BCUT2D eigenvalue weighted by atomic mass is 10.0. The molecular weight excluding hydrogens is 375 g/mol. The summed E-state index contributed by atoms with van der Waals surface area (Å²) in [4.78, 5) is 22.7. The molecule has 0 atom stereocenters. The number of carbonyl (C=O) groups is 2. The highest BCUT2D eigenvalue weighted by Crippen LogP contribution is 2.26. The number of rotatable bonds is 7. The van der Waals surface area contributed by atoms with Gasteiger partial charge in [0, 0.05) is 17.0 Å². The van der Waals surface area contributed by atoms with Crippen molar-refractivity contribution in [3.8, 4) is 5.75 Å². The molecule has 0 aliphatic rings. The molecule has 0 saturated carbocycles. The molecular formula is C23H19FO5. The Morgan fingerprint density at radius 1 is 1.14 bits per heavy atom. The zero-order valence-corrected chi connectivity index (χ0v) is 15.9. The zero-order valence-electron chi connectivity index (χ0n) is 15.9. The fraction of sp³-hybridized carbons (Fsp3) is 0.130.